The van der Waals surface area contributed by atoms with Gasteiger partial charge in [0.2, 0.25) is 5.91 Å². The van der Waals surface area contributed by atoms with E-state index in [0.717, 1.165) is 44.1 Å². The first kappa shape index (κ1) is 22.7. The van der Waals surface area contributed by atoms with Gasteiger partial charge < -0.3 is 15.4 Å². The fraction of sp³-hybridized carbons (Fsp3) is 0.259. The maximum absolute atomic E-state index is 12.8. The van der Waals surface area contributed by atoms with Crippen molar-refractivity contribution < 1.29 is 14.3 Å². The Balaban J connectivity index is 1.37. The molecule has 2 amide bonds. The molecular weight excluding hydrogens is 414 g/mol. The van der Waals surface area contributed by atoms with E-state index < -0.39 is 6.04 Å². The number of ether oxygens (including phenoxy) is 1. The summed E-state index contributed by atoms with van der Waals surface area (Å²) in [5.74, 6) is -0.358. The highest BCUT2D eigenvalue weighted by atomic mass is 16.5. The van der Waals surface area contributed by atoms with Crippen LogP contribution in [0.2, 0.25) is 0 Å². The first-order valence-electron chi connectivity index (χ1n) is 11.3. The predicted octanol–water partition coefficient (Wildman–Crippen LogP) is 4.02. The molecule has 0 aliphatic carbocycles. The maximum Gasteiger partial charge on any atom is 0.251 e. The Kier molecular flexibility index (Phi) is 7.85. The lowest BCUT2D eigenvalue weighted by molar-refractivity contribution is -0.116. The maximum atomic E-state index is 12.8. The van der Waals surface area contributed by atoms with E-state index in [1.54, 1.807) is 12.1 Å². The summed E-state index contributed by atoms with van der Waals surface area (Å²) >= 11 is 0. The molecule has 6 nitrogen and oxygen atoms in total. The van der Waals surface area contributed by atoms with Crippen molar-refractivity contribution in [1.29, 1.82) is 0 Å². The van der Waals surface area contributed by atoms with Crippen LogP contribution in [0.3, 0.4) is 0 Å². The molecule has 0 saturated carbocycles. The number of rotatable bonds is 8. The monoisotopic (exact) mass is 443 g/mol. The van der Waals surface area contributed by atoms with Gasteiger partial charge in [-0.2, -0.15) is 0 Å². The number of carbonyl (C=O) groups is 2. The summed E-state index contributed by atoms with van der Waals surface area (Å²) in [6.45, 7) is 4.30. The number of carbonyl (C=O) groups excluding carboxylic acids is 2. The average molecular weight is 444 g/mol. The molecule has 3 aromatic rings. The summed E-state index contributed by atoms with van der Waals surface area (Å²) in [5.41, 5.74) is 3.39. The minimum absolute atomic E-state index is 0.137. The van der Waals surface area contributed by atoms with E-state index in [9.17, 15) is 9.59 Å². The molecule has 0 aromatic heterocycles. The zero-order chi connectivity index (χ0) is 22.9. The Labute approximate surface area is 194 Å². The predicted molar refractivity (Wildman–Crippen MR) is 129 cm³/mol. The molecule has 1 atom stereocenters. The third kappa shape index (κ3) is 6.75. The van der Waals surface area contributed by atoms with Crippen molar-refractivity contribution in [1.82, 2.24) is 10.2 Å². The number of morpholine rings is 1. The first-order valence-corrected chi connectivity index (χ1v) is 11.3. The van der Waals surface area contributed by atoms with Gasteiger partial charge in [0.15, 0.2) is 0 Å². The largest absolute Gasteiger partial charge is 0.379 e. The number of hydrogen-bond donors (Lipinski definition) is 2. The Morgan fingerprint density at radius 3 is 2.15 bits per heavy atom. The molecule has 0 bridgehead atoms. The Bertz CT molecular complexity index is 1030. The van der Waals surface area contributed by atoms with Gasteiger partial charge in [0.25, 0.3) is 5.91 Å². The minimum Gasteiger partial charge on any atom is -0.379 e. The molecular formula is C27H29N3O3. The second kappa shape index (κ2) is 11.4. The summed E-state index contributed by atoms with van der Waals surface area (Å²) in [7, 11) is 0. The molecule has 3 aromatic carbocycles. The highest BCUT2D eigenvalue weighted by molar-refractivity contribution is 5.95. The topological polar surface area (TPSA) is 70.7 Å². The molecule has 2 N–H and O–H groups in total. The SMILES string of the molecule is O=C(CC(NC(=O)c1ccccc1)c1ccccc1)Nc1ccc(CN2CCOCC2)cc1. The van der Waals surface area contributed by atoms with E-state index in [0.29, 0.717) is 5.56 Å². The molecule has 1 unspecified atom stereocenters. The summed E-state index contributed by atoms with van der Waals surface area (Å²) < 4.78 is 5.40. The molecule has 6 heteroatoms. The van der Waals surface area contributed by atoms with Crippen LogP contribution in [0, 0.1) is 0 Å². The highest BCUT2D eigenvalue weighted by Crippen LogP contribution is 2.19. The van der Waals surface area contributed by atoms with E-state index in [1.165, 1.54) is 5.56 Å². The fourth-order valence-corrected chi connectivity index (χ4v) is 3.88. The normalized spacial score (nSPS) is 14.9. The second-order valence-electron chi connectivity index (χ2n) is 8.14. The van der Waals surface area contributed by atoms with Gasteiger partial charge in [0.05, 0.1) is 25.7 Å². The highest BCUT2D eigenvalue weighted by Gasteiger charge is 2.19. The van der Waals surface area contributed by atoms with Crippen molar-refractivity contribution in [3.8, 4) is 0 Å². The molecule has 170 valence electrons. The summed E-state index contributed by atoms with van der Waals surface area (Å²) in [6.07, 6.45) is 0.137. The molecule has 33 heavy (non-hydrogen) atoms. The molecule has 0 radical (unpaired) electrons. The molecule has 1 aliphatic rings. The van der Waals surface area contributed by atoms with Crippen molar-refractivity contribution in [2.75, 3.05) is 31.6 Å². The first-order chi connectivity index (χ1) is 16.2. The number of anilines is 1. The van der Waals surface area contributed by atoms with Crippen molar-refractivity contribution in [3.63, 3.8) is 0 Å². The van der Waals surface area contributed by atoms with Gasteiger partial charge in [0, 0.05) is 30.9 Å². The summed E-state index contributed by atoms with van der Waals surface area (Å²) in [4.78, 5) is 27.9. The van der Waals surface area contributed by atoms with Gasteiger partial charge in [-0.1, -0.05) is 60.7 Å². The second-order valence-corrected chi connectivity index (χ2v) is 8.14. The van der Waals surface area contributed by atoms with Gasteiger partial charge in [-0.25, -0.2) is 0 Å². The molecule has 0 spiro atoms. The van der Waals surface area contributed by atoms with Crippen molar-refractivity contribution in [2.24, 2.45) is 0 Å². The van der Waals surface area contributed by atoms with Crippen LogP contribution < -0.4 is 10.6 Å². The van der Waals surface area contributed by atoms with Gasteiger partial charge in [0.1, 0.15) is 0 Å². The van der Waals surface area contributed by atoms with Crippen LogP contribution in [0.15, 0.2) is 84.9 Å². The van der Waals surface area contributed by atoms with Crippen molar-refractivity contribution >= 4 is 17.5 Å². The van der Waals surface area contributed by atoms with Crippen LogP contribution in [0.1, 0.15) is 33.9 Å². The number of nitrogens with zero attached hydrogens (tertiary/aromatic N) is 1. The van der Waals surface area contributed by atoms with Gasteiger partial charge in [-0.05, 0) is 35.4 Å². The number of nitrogens with one attached hydrogen (secondary N) is 2. The fourth-order valence-electron chi connectivity index (χ4n) is 3.88. The van der Waals surface area contributed by atoms with E-state index in [-0.39, 0.29) is 18.2 Å². The average Bonchev–Trinajstić information content (AvgIpc) is 2.86. The lowest BCUT2D eigenvalue weighted by atomic mass is 10.0. The summed E-state index contributed by atoms with van der Waals surface area (Å²) in [6, 6.07) is 26.1. The molecule has 1 heterocycles. The molecule has 4 rings (SSSR count). The molecule has 1 saturated heterocycles. The summed E-state index contributed by atoms with van der Waals surface area (Å²) in [5, 5.41) is 5.97. The van der Waals surface area contributed by atoms with Gasteiger partial charge >= 0.3 is 0 Å². The van der Waals surface area contributed by atoms with Crippen LogP contribution in [-0.4, -0.2) is 43.0 Å². The van der Waals surface area contributed by atoms with Crippen LogP contribution in [-0.2, 0) is 16.1 Å². The number of benzene rings is 3. The van der Waals surface area contributed by atoms with E-state index >= 15 is 0 Å². The van der Waals surface area contributed by atoms with Crippen LogP contribution in [0.4, 0.5) is 5.69 Å². The van der Waals surface area contributed by atoms with Gasteiger partial charge in [-0.3, -0.25) is 14.5 Å². The number of amides is 2. The Hall–Kier alpha value is -3.48. The van der Waals surface area contributed by atoms with Crippen molar-refractivity contribution in [3.05, 3.63) is 102 Å². The lowest BCUT2D eigenvalue weighted by Gasteiger charge is -2.26. The zero-order valence-corrected chi connectivity index (χ0v) is 18.6. The zero-order valence-electron chi connectivity index (χ0n) is 18.6. The van der Waals surface area contributed by atoms with Crippen LogP contribution in [0.25, 0.3) is 0 Å². The van der Waals surface area contributed by atoms with Crippen molar-refractivity contribution in [2.45, 2.75) is 19.0 Å². The lowest BCUT2D eigenvalue weighted by Crippen LogP contribution is -2.35. The van der Waals surface area contributed by atoms with E-state index in [1.807, 2.05) is 72.8 Å². The Morgan fingerprint density at radius 1 is 0.848 bits per heavy atom. The standard InChI is InChI=1S/C27H29N3O3/c31-26(28-24-13-11-21(12-14-24)20-30-15-17-33-18-16-30)19-25(22-7-3-1-4-8-22)29-27(32)23-9-5-2-6-10-23/h1-14,25H,15-20H2,(H,28,31)(H,29,32). The third-order valence-corrected chi connectivity index (χ3v) is 5.68. The smallest absolute Gasteiger partial charge is 0.251 e. The van der Waals surface area contributed by atoms with Crippen LogP contribution in [0.5, 0.6) is 0 Å². The van der Waals surface area contributed by atoms with E-state index in [4.69, 9.17) is 4.74 Å². The molecule has 1 aliphatic heterocycles. The number of hydrogen-bond acceptors (Lipinski definition) is 4. The quantitative estimate of drug-likeness (QED) is 0.552. The molecule has 1 fully saturated rings. The Morgan fingerprint density at radius 2 is 1.48 bits per heavy atom. The van der Waals surface area contributed by atoms with Crippen LogP contribution >= 0.6 is 0 Å². The third-order valence-electron chi connectivity index (χ3n) is 5.68. The van der Waals surface area contributed by atoms with Gasteiger partial charge in [-0.15, -0.1) is 0 Å². The van der Waals surface area contributed by atoms with E-state index in [2.05, 4.69) is 15.5 Å². The minimum atomic E-state index is -0.431.